The van der Waals surface area contributed by atoms with E-state index >= 15 is 0 Å². The van der Waals surface area contributed by atoms with E-state index in [-0.39, 0.29) is 0 Å². The van der Waals surface area contributed by atoms with Crippen LogP contribution in [0.25, 0.3) is 11.8 Å². The second kappa shape index (κ2) is 3.63. The molecule has 2 aromatic rings. The normalized spacial score (nSPS) is 13.8. The number of allylic oxidation sites excluding steroid dienone is 1. The van der Waals surface area contributed by atoms with Gasteiger partial charge in [0.2, 0.25) is 0 Å². The molecule has 0 unspecified atom stereocenters. The largest absolute Gasteiger partial charge is 0.319 e. The lowest BCUT2D eigenvalue weighted by atomic mass is 10.2. The van der Waals surface area contributed by atoms with Gasteiger partial charge in [-0.25, -0.2) is 0 Å². The molecule has 16 heavy (non-hydrogen) atoms. The second-order valence-corrected chi connectivity index (χ2v) is 5.06. The zero-order valence-corrected chi connectivity index (χ0v) is 10.7. The molecule has 1 nitrogen and oxygen atoms in total. The van der Waals surface area contributed by atoms with Gasteiger partial charge in [-0.1, -0.05) is 29.8 Å². The van der Waals surface area contributed by atoms with Gasteiger partial charge in [-0.3, -0.25) is 0 Å². The molecule has 0 saturated carbocycles. The molecular formula is C14H12BrN. The van der Waals surface area contributed by atoms with E-state index in [2.05, 4.69) is 64.0 Å². The fraction of sp³-hybridized carbons (Fsp3) is 0.143. The summed E-state index contributed by atoms with van der Waals surface area (Å²) in [4.78, 5) is 0. The Balaban J connectivity index is 2.17. The van der Waals surface area contributed by atoms with Gasteiger partial charge in [-0.2, -0.15) is 0 Å². The first kappa shape index (κ1) is 9.91. The van der Waals surface area contributed by atoms with Gasteiger partial charge in [-0.15, -0.1) is 0 Å². The summed E-state index contributed by atoms with van der Waals surface area (Å²) in [5.74, 6) is 0. The number of aromatic nitrogens is 1. The van der Waals surface area contributed by atoms with E-state index in [0.29, 0.717) is 0 Å². The van der Waals surface area contributed by atoms with Gasteiger partial charge < -0.3 is 4.57 Å². The molecule has 0 saturated heterocycles. The van der Waals surface area contributed by atoms with E-state index in [4.69, 9.17) is 0 Å². The van der Waals surface area contributed by atoms with Gasteiger partial charge in [0.1, 0.15) is 0 Å². The number of para-hydroxylation sites is 1. The Hall–Kier alpha value is -1.28. The van der Waals surface area contributed by atoms with Crippen molar-refractivity contribution in [1.82, 2.24) is 4.57 Å². The second-order valence-electron chi connectivity index (χ2n) is 4.21. The molecule has 3 rings (SSSR count). The van der Waals surface area contributed by atoms with E-state index in [9.17, 15) is 0 Å². The summed E-state index contributed by atoms with van der Waals surface area (Å²) in [7, 11) is 0. The van der Waals surface area contributed by atoms with Crippen molar-refractivity contribution in [3.8, 4) is 5.69 Å². The SMILES string of the molecule is CC1=Cc2c(Br)cn(-c3ccccc3)c2C1. The Morgan fingerprint density at radius 2 is 1.94 bits per heavy atom. The average Bonchev–Trinajstić information content (AvgIpc) is 2.80. The van der Waals surface area contributed by atoms with Gasteiger partial charge in [0.05, 0.1) is 0 Å². The fourth-order valence-corrected chi connectivity index (χ4v) is 2.79. The lowest BCUT2D eigenvalue weighted by Gasteiger charge is -2.07. The molecule has 0 fully saturated rings. The van der Waals surface area contributed by atoms with E-state index in [1.807, 2.05) is 6.07 Å². The maximum absolute atomic E-state index is 3.63. The Labute approximate surface area is 104 Å². The van der Waals surface area contributed by atoms with Crippen molar-refractivity contribution in [1.29, 1.82) is 0 Å². The Kier molecular flexibility index (Phi) is 2.25. The van der Waals surface area contributed by atoms with Gasteiger partial charge in [0, 0.05) is 34.0 Å². The van der Waals surface area contributed by atoms with Crippen LogP contribution in [0.3, 0.4) is 0 Å². The topological polar surface area (TPSA) is 4.93 Å². The monoisotopic (exact) mass is 273 g/mol. The van der Waals surface area contributed by atoms with Crippen LogP contribution in [0.5, 0.6) is 0 Å². The number of hydrogen-bond acceptors (Lipinski definition) is 0. The van der Waals surface area contributed by atoms with Crippen LogP contribution in [0.15, 0.2) is 46.6 Å². The molecule has 0 aliphatic heterocycles. The quantitative estimate of drug-likeness (QED) is 0.734. The van der Waals surface area contributed by atoms with Gasteiger partial charge in [0.25, 0.3) is 0 Å². The molecule has 1 aliphatic carbocycles. The molecule has 0 amide bonds. The summed E-state index contributed by atoms with van der Waals surface area (Å²) < 4.78 is 3.45. The highest BCUT2D eigenvalue weighted by atomic mass is 79.9. The highest BCUT2D eigenvalue weighted by molar-refractivity contribution is 9.10. The minimum Gasteiger partial charge on any atom is -0.319 e. The Morgan fingerprint density at radius 3 is 2.69 bits per heavy atom. The molecule has 0 radical (unpaired) electrons. The number of halogens is 1. The summed E-state index contributed by atoms with van der Waals surface area (Å²) in [6.45, 7) is 2.18. The summed E-state index contributed by atoms with van der Waals surface area (Å²) in [6.07, 6.45) is 5.47. The number of nitrogens with zero attached hydrogens (tertiary/aromatic N) is 1. The van der Waals surface area contributed by atoms with Crippen molar-refractivity contribution in [3.05, 3.63) is 57.8 Å². The summed E-state index contributed by atoms with van der Waals surface area (Å²) >= 11 is 3.63. The Morgan fingerprint density at radius 1 is 1.19 bits per heavy atom. The smallest absolute Gasteiger partial charge is 0.0453 e. The zero-order valence-electron chi connectivity index (χ0n) is 9.07. The molecule has 80 valence electrons. The summed E-state index contributed by atoms with van der Waals surface area (Å²) in [6, 6.07) is 10.5. The van der Waals surface area contributed by atoms with E-state index < -0.39 is 0 Å². The predicted molar refractivity (Wildman–Crippen MR) is 70.8 cm³/mol. The standard InChI is InChI=1S/C14H12BrN/c1-10-7-12-13(15)9-16(14(12)8-10)11-5-3-2-4-6-11/h2-7,9H,8H2,1H3. The van der Waals surface area contributed by atoms with E-state index in [1.54, 1.807) is 0 Å². The van der Waals surface area contributed by atoms with Crippen LogP contribution in [0.2, 0.25) is 0 Å². The highest BCUT2D eigenvalue weighted by Gasteiger charge is 2.18. The third-order valence-corrected chi connectivity index (χ3v) is 3.60. The van der Waals surface area contributed by atoms with Gasteiger partial charge in [-0.05, 0) is 35.0 Å². The molecule has 1 aromatic heterocycles. The lowest BCUT2D eigenvalue weighted by molar-refractivity contribution is 0.961. The molecule has 0 atom stereocenters. The maximum atomic E-state index is 3.63. The minimum absolute atomic E-state index is 1.05. The van der Waals surface area contributed by atoms with E-state index in [0.717, 1.165) is 6.42 Å². The van der Waals surface area contributed by atoms with Crippen LogP contribution in [0.1, 0.15) is 18.2 Å². The molecular weight excluding hydrogens is 262 g/mol. The third-order valence-electron chi connectivity index (χ3n) is 2.97. The number of rotatable bonds is 1. The van der Waals surface area contributed by atoms with Crippen molar-refractivity contribution >= 4 is 22.0 Å². The zero-order chi connectivity index (χ0) is 11.1. The molecule has 0 spiro atoms. The highest BCUT2D eigenvalue weighted by Crippen LogP contribution is 2.34. The van der Waals surface area contributed by atoms with Crippen LogP contribution >= 0.6 is 15.9 Å². The lowest BCUT2D eigenvalue weighted by Crippen LogP contribution is -1.97. The number of benzene rings is 1. The van der Waals surface area contributed by atoms with Crippen molar-refractivity contribution < 1.29 is 0 Å². The first-order valence-corrected chi connectivity index (χ1v) is 6.17. The number of fused-ring (bicyclic) bond motifs is 1. The minimum atomic E-state index is 1.05. The molecule has 2 heteroatoms. The van der Waals surface area contributed by atoms with Crippen molar-refractivity contribution in [2.45, 2.75) is 13.3 Å². The van der Waals surface area contributed by atoms with E-state index in [1.165, 1.54) is 27.0 Å². The van der Waals surface area contributed by atoms with Crippen LogP contribution in [0, 0.1) is 0 Å². The molecule has 0 N–H and O–H groups in total. The number of hydrogen-bond donors (Lipinski definition) is 0. The van der Waals surface area contributed by atoms with Crippen LogP contribution in [0.4, 0.5) is 0 Å². The van der Waals surface area contributed by atoms with Crippen LogP contribution in [-0.2, 0) is 6.42 Å². The Bertz CT molecular complexity index is 564. The molecule has 1 aromatic carbocycles. The van der Waals surface area contributed by atoms with Crippen LogP contribution in [-0.4, -0.2) is 4.57 Å². The first-order valence-electron chi connectivity index (χ1n) is 5.38. The summed E-state index contributed by atoms with van der Waals surface area (Å²) in [5.41, 5.74) is 5.38. The molecule has 1 aliphatic rings. The fourth-order valence-electron chi connectivity index (χ4n) is 2.24. The summed E-state index contributed by atoms with van der Waals surface area (Å²) in [5, 5.41) is 0. The molecule has 1 heterocycles. The van der Waals surface area contributed by atoms with Gasteiger partial charge >= 0.3 is 0 Å². The first-order chi connectivity index (χ1) is 7.75. The van der Waals surface area contributed by atoms with Crippen molar-refractivity contribution in [2.75, 3.05) is 0 Å². The third kappa shape index (κ3) is 1.45. The van der Waals surface area contributed by atoms with Crippen molar-refractivity contribution in [2.24, 2.45) is 0 Å². The molecule has 0 bridgehead atoms. The van der Waals surface area contributed by atoms with Crippen LogP contribution < -0.4 is 0 Å². The average molecular weight is 274 g/mol. The van der Waals surface area contributed by atoms with Crippen molar-refractivity contribution in [3.63, 3.8) is 0 Å². The van der Waals surface area contributed by atoms with Gasteiger partial charge in [0.15, 0.2) is 0 Å². The maximum Gasteiger partial charge on any atom is 0.0453 e. The predicted octanol–water partition coefficient (Wildman–Crippen LogP) is 4.20.